The molecule has 0 radical (unpaired) electrons. The van der Waals surface area contributed by atoms with Crippen LogP contribution in [-0.4, -0.2) is 13.4 Å². The lowest BCUT2D eigenvalue weighted by Gasteiger charge is -2.11. The quantitative estimate of drug-likeness (QED) is 0.906. The van der Waals surface area contributed by atoms with E-state index in [9.17, 15) is 8.42 Å². The van der Waals surface area contributed by atoms with Crippen LogP contribution in [0.1, 0.15) is 25.3 Å². The fraction of sp³-hybridized carbons (Fsp3) is 0.214. The van der Waals surface area contributed by atoms with E-state index in [4.69, 9.17) is 5.14 Å². The van der Waals surface area contributed by atoms with Gasteiger partial charge in [-0.1, -0.05) is 26.0 Å². The molecule has 106 valence electrons. The second kappa shape index (κ2) is 5.60. The fourth-order valence-corrected chi connectivity index (χ4v) is 2.44. The zero-order chi connectivity index (χ0) is 14.8. The molecule has 0 spiro atoms. The van der Waals surface area contributed by atoms with Crippen LogP contribution in [0.4, 0.5) is 11.5 Å². The Labute approximate surface area is 118 Å². The summed E-state index contributed by atoms with van der Waals surface area (Å²) >= 11 is 0. The number of hydrogen-bond acceptors (Lipinski definition) is 4. The second-order valence-corrected chi connectivity index (χ2v) is 6.33. The molecule has 0 aliphatic heterocycles. The first kappa shape index (κ1) is 14.5. The van der Waals surface area contributed by atoms with E-state index in [1.54, 1.807) is 0 Å². The summed E-state index contributed by atoms with van der Waals surface area (Å²) in [6, 6.07) is 10.7. The maximum absolute atomic E-state index is 11.5. The third kappa shape index (κ3) is 3.34. The summed E-state index contributed by atoms with van der Waals surface area (Å²) in [5.41, 5.74) is 1.97. The zero-order valence-corrected chi connectivity index (χ0v) is 12.2. The molecule has 6 heteroatoms. The van der Waals surface area contributed by atoms with Gasteiger partial charge in [0.1, 0.15) is 4.90 Å². The standard InChI is InChI=1S/C14H17N3O2S/c1-10(2)11-5-7-12(8-6-11)17-14-13(20(15,18)19)4-3-9-16-14/h3-10H,1-2H3,(H,16,17)(H2,15,18,19). The normalized spacial score (nSPS) is 11.6. The van der Waals surface area contributed by atoms with Gasteiger partial charge in [0.15, 0.2) is 5.82 Å². The molecule has 1 heterocycles. The summed E-state index contributed by atoms with van der Waals surface area (Å²) in [5, 5.41) is 8.14. The highest BCUT2D eigenvalue weighted by Gasteiger charge is 2.14. The van der Waals surface area contributed by atoms with E-state index in [-0.39, 0.29) is 10.7 Å². The molecule has 2 rings (SSSR count). The molecule has 1 aromatic heterocycles. The maximum Gasteiger partial charge on any atom is 0.241 e. The van der Waals surface area contributed by atoms with Crippen LogP contribution >= 0.6 is 0 Å². The van der Waals surface area contributed by atoms with E-state index in [0.717, 1.165) is 5.69 Å². The van der Waals surface area contributed by atoms with Gasteiger partial charge in [0.2, 0.25) is 10.0 Å². The number of sulfonamides is 1. The number of benzene rings is 1. The molecule has 0 saturated heterocycles. The largest absolute Gasteiger partial charge is 0.339 e. The van der Waals surface area contributed by atoms with Crippen LogP contribution in [0.25, 0.3) is 0 Å². The van der Waals surface area contributed by atoms with Gasteiger partial charge in [-0.25, -0.2) is 18.5 Å². The lowest BCUT2D eigenvalue weighted by atomic mass is 10.0. The van der Waals surface area contributed by atoms with Gasteiger partial charge in [0.05, 0.1) is 0 Å². The minimum Gasteiger partial charge on any atom is -0.339 e. The summed E-state index contributed by atoms with van der Waals surface area (Å²) in [7, 11) is -3.80. The van der Waals surface area contributed by atoms with Gasteiger partial charge in [-0.05, 0) is 35.7 Å². The first-order valence-electron chi connectivity index (χ1n) is 6.23. The van der Waals surface area contributed by atoms with Crippen molar-refractivity contribution in [1.29, 1.82) is 0 Å². The Balaban J connectivity index is 2.31. The summed E-state index contributed by atoms with van der Waals surface area (Å²) in [5.74, 6) is 0.672. The highest BCUT2D eigenvalue weighted by molar-refractivity contribution is 7.89. The van der Waals surface area contributed by atoms with Crippen LogP contribution in [0, 0.1) is 0 Å². The average Bonchev–Trinajstić information content (AvgIpc) is 2.38. The van der Waals surface area contributed by atoms with Crippen LogP contribution in [0.2, 0.25) is 0 Å². The van der Waals surface area contributed by atoms with Crippen molar-refractivity contribution in [2.24, 2.45) is 5.14 Å². The summed E-state index contributed by atoms with van der Waals surface area (Å²) in [6.07, 6.45) is 1.51. The van der Waals surface area contributed by atoms with Crippen LogP contribution in [-0.2, 0) is 10.0 Å². The lowest BCUT2D eigenvalue weighted by molar-refractivity contribution is 0.598. The molecule has 0 unspecified atom stereocenters. The summed E-state index contributed by atoms with van der Waals surface area (Å²) < 4.78 is 23.0. The van der Waals surface area contributed by atoms with Crippen molar-refractivity contribution < 1.29 is 8.42 Å². The van der Waals surface area contributed by atoms with E-state index >= 15 is 0 Å². The van der Waals surface area contributed by atoms with Crippen molar-refractivity contribution in [3.63, 3.8) is 0 Å². The third-order valence-corrected chi connectivity index (χ3v) is 3.86. The van der Waals surface area contributed by atoms with Crippen LogP contribution < -0.4 is 10.5 Å². The van der Waals surface area contributed by atoms with Gasteiger partial charge < -0.3 is 5.32 Å². The highest BCUT2D eigenvalue weighted by Crippen LogP contribution is 2.23. The van der Waals surface area contributed by atoms with E-state index in [0.29, 0.717) is 5.92 Å². The van der Waals surface area contributed by atoms with Crippen molar-refractivity contribution in [2.45, 2.75) is 24.7 Å². The number of nitrogens with one attached hydrogen (secondary N) is 1. The fourth-order valence-electron chi connectivity index (χ4n) is 1.80. The summed E-state index contributed by atoms with van der Waals surface area (Å²) in [6.45, 7) is 4.22. The molecule has 0 bridgehead atoms. The second-order valence-electron chi connectivity index (χ2n) is 4.80. The van der Waals surface area contributed by atoms with Crippen molar-refractivity contribution in [3.8, 4) is 0 Å². The Morgan fingerprint density at radius 2 is 1.80 bits per heavy atom. The van der Waals surface area contributed by atoms with E-state index in [2.05, 4.69) is 24.1 Å². The van der Waals surface area contributed by atoms with E-state index in [1.165, 1.54) is 23.9 Å². The van der Waals surface area contributed by atoms with Gasteiger partial charge in [-0.2, -0.15) is 0 Å². The zero-order valence-electron chi connectivity index (χ0n) is 11.4. The number of primary sulfonamides is 1. The van der Waals surface area contributed by atoms with Gasteiger partial charge in [0.25, 0.3) is 0 Å². The van der Waals surface area contributed by atoms with Crippen molar-refractivity contribution in [1.82, 2.24) is 4.98 Å². The predicted molar refractivity (Wildman–Crippen MR) is 79.4 cm³/mol. The minimum absolute atomic E-state index is 0.0204. The van der Waals surface area contributed by atoms with Gasteiger partial charge in [0, 0.05) is 11.9 Å². The number of anilines is 2. The number of pyridine rings is 1. The van der Waals surface area contributed by atoms with Crippen molar-refractivity contribution in [2.75, 3.05) is 5.32 Å². The SMILES string of the molecule is CC(C)c1ccc(Nc2ncccc2S(N)(=O)=O)cc1. The summed E-state index contributed by atoms with van der Waals surface area (Å²) in [4.78, 5) is 4.01. The smallest absolute Gasteiger partial charge is 0.241 e. The molecule has 20 heavy (non-hydrogen) atoms. The first-order valence-corrected chi connectivity index (χ1v) is 7.77. The molecule has 0 aliphatic rings. The first-order chi connectivity index (χ1) is 9.38. The monoisotopic (exact) mass is 291 g/mol. The molecule has 0 atom stereocenters. The molecule has 0 aliphatic carbocycles. The molecule has 0 amide bonds. The third-order valence-electron chi connectivity index (χ3n) is 2.92. The molecular weight excluding hydrogens is 274 g/mol. The molecule has 2 aromatic rings. The lowest BCUT2D eigenvalue weighted by Crippen LogP contribution is -2.14. The van der Waals surface area contributed by atoms with Crippen molar-refractivity contribution >= 4 is 21.5 Å². The predicted octanol–water partition coefficient (Wildman–Crippen LogP) is 2.60. The van der Waals surface area contributed by atoms with Crippen LogP contribution in [0.3, 0.4) is 0 Å². The Kier molecular flexibility index (Phi) is 4.06. The van der Waals surface area contributed by atoms with Gasteiger partial charge in [-0.3, -0.25) is 0 Å². The Hall–Kier alpha value is -1.92. The number of nitrogens with zero attached hydrogens (tertiary/aromatic N) is 1. The van der Waals surface area contributed by atoms with Crippen LogP contribution in [0.15, 0.2) is 47.5 Å². The Bertz CT molecular complexity index is 695. The molecule has 0 saturated carbocycles. The minimum atomic E-state index is -3.80. The molecule has 0 fully saturated rings. The molecule has 3 N–H and O–H groups in total. The molecular formula is C14H17N3O2S. The highest BCUT2D eigenvalue weighted by atomic mass is 32.2. The molecule has 1 aromatic carbocycles. The van der Waals surface area contributed by atoms with Crippen molar-refractivity contribution in [3.05, 3.63) is 48.2 Å². The number of rotatable bonds is 4. The number of aromatic nitrogens is 1. The van der Waals surface area contributed by atoms with E-state index < -0.39 is 10.0 Å². The van der Waals surface area contributed by atoms with E-state index in [1.807, 2.05) is 24.3 Å². The van der Waals surface area contributed by atoms with Crippen LogP contribution in [0.5, 0.6) is 0 Å². The van der Waals surface area contributed by atoms with Gasteiger partial charge >= 0.3 is 0 Å². The Morgan fingerprint density at radius 1 is 1.15 bits per heavy atom. The maximum atomic E-state index is 11.5. The molecule has 5 nitrogen and oxygen atoms in total. The number of hydrogen-bond donors (Lipinski definition) is 2. The van der Waals surface area contributed by atoms with Gasteiger partial charge in [-0.15, -0.1) is 0 Å². The topological polar surface area (TPSA) is 85.1 Å². The number of nitrogens with two attached hydrogens (primary N) is 1. The average molecular weight is 291 g/mol. The Morgan fingerprint density at radius 3 is 2.35 bits per heavy atom.